The van der Waals surface area contributed by atoms with Crippen molar-refractivity contribution in [2.45, 2.75) is 65.1 Å². The van der Waals surface area contributed by atoms with Crippen LogP contribution in [0, 0.1) is 6.92 Å². The van der Waals surface area contributed by atoms with Crippen molar-refractivity contribution in [3.63, 3.8) is 0 Å². The van der Waals surface area contributed by atoms with Crippen LogP contribution < -0.4 is 25.1 Å². The first-order valence-corrected chi connectivity index (χ1v) is 12.3. The lowest BCUT2D eigenvalue weighted by Crippen LogP contribution is -2.28. The molecule has 1 heterocycles. The van der Waals surface area contributed by atoms with Gasteiger partial charge in [-0.15, -0.1) is 0 Å². The molecule has 1 amide bonds. The third kappa shape index (κ3) is 5.29. The molecule has 7 heteroatoms. The second kappa shape index (κ2) is 10.8. The fraction of sp³-hybridized carbons (Fsp3) is 0.429. The largest absolute Gasteiger partial charge is 0.493 e. The molecule has 0 unspecified atom stereocenters. The first kappa shape index (κ1) is 24.6. The average Bonchev–Trinajstić information content (AvgIpc) is 2.88. The number of benzene rings is 2. The molecule has 186 valence electrons. The van der Waals surface area contributed by atoms with Crippen LogP contribution in [0.1, 0.15) is 60.5 Å². The molecule has 1 aliphatic rings. The summed E-state index contributed by atoms with van der Waals surface area (Å²) in [6.45, 7) is 4.68. The lowest BCUT2D eigenvalue weighted by Gasteiger charge is -2.24. The summed E-state index contributed by atoms with van der Waals surface area (Å²) in [5.74, 6) is 1.46. The van der Waals surface area contributed by atoms with Crippen molar-refractivity contribution in [2.24, 2.45) is 0 Å². The molecule has 1 aliphatic carbocycles. The highest BCUT2D eigenvalue weighted by atomic mass is 16.5. The molecule has 3 aromatic rings. The molecular weight excluding hydrogens is 444 g/mol. The number of ether oxygens (including phenoxy) is 3. The zero-order valence-corrected chi connectivity index (χ0v) is 21.0. The number of nitrogens with one attached hydrogen (secondary N) is 1. The lowest BCUT2D eigenvalue weighted by atomic mass is 9.97. The maximum atomic E-state index is 13.4. The van der Waals surface area contributed by atoms with E-state index in [1.54, 1.807) is 18.3 Å². The van der Waals surface area contributed by atoms with Gasteiger partial charge in [0.2, 0.25) is 0 Å². The molecular formula is C28H34N2O5. The molecule has 0 spiro atoms. The Labute approximate surface area is 206 Å². The SMILES string of the molecule is CCn1cc(C(=O)NCc2ccc(C)cc2OC2CCCCC2)c2cc(OC)c(OC)cc2c1=O. The predicted octanol–water partition coefficient (Wildman–Crippen LogP) is 4.99. The number of aromatic nitrogens is 1. The molecule has 0 radical (unpaired) electrons. The molecule has 0 atom stereocenters. The van der Waals surface area contributed by atoms with Gasteiger partial charge in [0.25, 0.3) is 11.5 Å². The number of hydrogen-bond acceptors (Lipinski definition) is 5. The molecule has 0 saturated heterocycles. The minimum absolute atomic E-state index is 0.179. The van der Waals surface area contributed by atoms with Crippen LogP contribution in [0.3, 0.4) is 0 Å². The summed E-state index contributed by atoms with van der Waals surface area (Å²) in [6.07, 6.45) is 7.61. The second-order valence-corrected chi connectivity index (χ2v) is 9.06. The van der Waals surface area contributed by atoms with E-state index in [2.05, 4.69) is 5.32 Å². The molecule has 4 rings (SSSR count). The van der Waals surface area contributed by atoms with E-state index in [4.69, 9.17) is 14.2 Å². The molecule has 1 saturated carbocycles. The van der Waals surface area contributed by atoms with Crippen molar-refractivity contribution in [1.82, 2.24) is 9.88 Å². The first-order valence-electron chi connectivity index (χ1n) is 12.3. The van der Waals surface area contributed by atoms with Gasteiger partial charge in [0.1, 0.15) is 5.75 Å². The van der Waals surface area contributed by atoms with Gasteiger partial charge in [-0.2, -0.15) is 0 Å². The zero-order valence-electron chi connectivity index (χ0n) is 21.0. The molecule has 1 N–H and O–H groups in total. The van der Waals surface area contributed by atoms with Gasteiger partial charge in [-0.05, 0) is 63.3 Å². The molecule has 35 heavy (non-hydrogen) atoms. The van der Waals surface area contributed by atoms with Gasteiger partial charge in [0.05, 0.1) is 31.3 Å². The van der Waals surface area contributed by atoms with E-state index >= 15 is 0 Å². The number of aryl methyl sites for hydroxylation is 2. The topological polar surface area (TPSA) is 78.8 Å². The number of amides is 1. The Morgan fingerprint density at radius 1 is 1.00 bits per heavy atom. The summed E-state index contributed by atoms with van der Waals surface area (Å²) in [4.78, 5) is 26.4. The van der Waals surface area contributed by atoms with E-state index in [1.165, 1.54) is 38.0 Å². The van der Waals surface area contributed by atoms with Crippen LogP contribution in [0.5, 0.6) is 17.2 Å². The van der Waals surface area contributed by atoms with Crippen LogP contribution in [-0.4, -0.2) is 30.8 Å². The van der Waals surface area contributed by atoms with Crippen LogP contribution >= 0.6 is 0 Å². The van der Waals surface area contributed by atoms with Crippen molar-refractivity contribution in [2.75, 3.05) is 14.2 Å². The van der Waals surface area contributed by atoms with E-state index in [-0.39, 0.29) is 17.6 Å². The van der Waals surface area contributed by atoms with E-state index in [9.17, 15) is 9.59 Å². The highest BCUT2D eigenvalue weighted by Crippen LogP contribution is 2.32. The molecule has 7 nitrogen and oxygen atoms in total. The Bertz CT molecular complexity index is 1270. The molecule has 0 aliphatic heterocycles. The highest BCUT2D eigenvalue weighted by molar-refractivity contribution is 6.07. The van der Waals surface area contributed by atoms with Crippen LogP contribution in [-0.2, 0) is 13.1 Å². The molecule has 0 bridgehead atoms. The van der Waals surface area contributed by atoms with Crippen molar-refractivity contribution in [1.29, 1.82) is 0 Å². The summed E-state index contributed by atoms with van der Waals surface area (Å²) >= 11 is 0. The number of hydrogen-bond donors (Lipinski definition) is 1. The van der Waals surface area contributed by atoms with E-state index in [0.717, 1.165) is 29.7 Å². The fourth-order valence-electron chi connectivity index (χ4n) is 4.68. The Kier molecular flexibility index (Phi) is 7.63. The minimum Gasteiger partial charge on any atom is -0.493 e. The van der Waals surface area contributed by atoms with Crippen LogP contribution in [0.25, 0.3) is 10.8 Å². The molecule has 2 aromatic carbocycles. The summed E-state index contributed by atoms with van der Waals surface area (Å²) in [6, 6.07) is 9.40. The Balaban J connectivity index is 1.64. The smallest absolute Gasteiger partial charge is 0.258 e. The lowest BCUT2D eigenvalue weighted by molar-refractivity contribution is 0.0951. The first-order chi connectivity index (χ1) is 16.9. The third-order valence-corrected chi connectivity index (χ3v) is 6.68. The monoisotopic (exact) mass is 478 g/mol. The van der Waals surface area contributed by atoms with Gasteiger partial charge in [-0.1, -0.05) is 18.6 Å². The van der Waals surface area contributed by atoms with Gasteiger partial charge in [0, 0.05) is 30.2 Å². The van der Waals surface area contributed by atoms with E-state index in [0.29, 0.717) is 40.9 Å². The summed E-state index contributed by atoms with van der Waals surface area (Å²) in [5, 5.41) is 3.97. The number of carbonyl (C=O) groups is 1. The maximum Gasteiger partial charge on any atom is 0.258 e. The third-order valence-electron chi connectivity index (χ3n) is 6.68. The number of rotatable bonds is 8. The van der Waals surface area contributed by atoms with E-state index < -0.39 is 0 Å². The van der Waals surface area contributed by atoms with Crippen molar-refractivity contribution >= 4 is 16.7 Å². The van der Waals surface area contributed by atoms with Gasteiger partial charge >= 0.3 is 0 Å². The number of carbonyl (C=O) groups excluding carboxylic acids is 1. The Morgan fingerprint density at radius 2 is 1.69 bits per heavy atom. The van der Waals surface area contributed by atoms with Gasteiger partial charge in [-0.3, -0.25) is 9.59 Å². The van der Waals surface area contributed by atoms with Crippen LogP contribution in [0.4, 0.5) is 0 Å². The number of nitrogens with zero attached hydrogens (tertiary/aromatic N) is 1. The Hall–Kier alpha value is -3.48. The quantitative estimate of drug-likeness (QED) is 0.494. The number of fused-ring (bicyclic) bond motifs is 1. The predicted molar refractivity (Wildman–Crippen MR) is 137 cm³/mol. The number of methoxy groups -OCH3 is 2. The van der Waals surface area contributed by atoms with Crippen molar-refractivity contribution in [3.05, 3.63) is 63.6 Å². The van der Waals surface area contributed by atoms with Gasteiger partial charge in [-0.25, -0.2) is 0 Å². The molecule has 1 fully saturated rings. The summed E-state index contributed by atoms with van der Waals surface area (Å²) < 4.78 is 18.7. The Morgan fingerprint density at radius 3 is 2.34 bits per heavy atom. The standard InChI is InChI=1S/C28H34N2O5/c1-5-30-17-23(21-14-25(33-3)26(34-4)15-22(21)28(30)32)27(31)29-16-19-12-11-18(2)13-24(19)35-20-9-7-6-8-10-20/h11-15,17,20H,5-10,16H2,1-4H3,(H,29,31). The summed E-state index contributed by atoms with van der Waals surface area (Å²) in [5.41, 5.74) is 2.28. The highest BCUT2D eigenvalue weighted by Gasteiger charge is 2.20. The normalized spacial score (nSPS) is 14.1. The zero-order chi connectivity index (χ0) is 24.9. The van der Waals surface area contributed by atoms with Crippen molar-refractivity contribution < 1.29 is 19.0 Å². The minimum atomic E-state index is -0.270. The van der Waals surface area contributed by atoms with Gasteiger partial charge in [0.15, 0.2) is 11.5 Å². The van der Waals surface area contributed by atoms with Gasteiger partial charge < -0.3 is 24.1 Å². The van der Waals surface area contributed by atoms with E-state index in [1.807, 2.05) is 32.0 Å². The summed E-state index contributed by atoms with van der Waals surface area (Å²) in [7, 11) is 3.05. The number of pyridine rings is 1. The van der Waals surface area contributed by atoms with Crippen LogP contribution in [0.2, 0.25) is 0 Å². The second-order valence-electron chi connectivity index (χ2n) is 9.06. The van der Waals surface area contributed by atoms with Crippen molar-refractivity contribution in [3.8, 4) is 17.2 Å². The maximum absolute atomic E-state index is 13.4. The average molecular weight is 479 g/mol. The van der Waals surface area contributed by atoms with Crippen LogP contribution in [0.15, 0.2) is 41.3 Å². The fourth-order valence-corrected chi connectivity index (χ4v) is 4.68. The molecule has 1 aromatic heterocycles.